The van der Waals surface area contributed by atoms with Crippen molar-refractivity contribution in [2.24, 2.45) is 0 Å². The summed E-state index contributed by atoms with van der Waals surface area (Å²) in [6.07, 6.45) is 0. The van der Waals surface area contributed by atoms with E-state index in [1.807, 2.05) is 47.4 Å². The van der Waals surface area contributed by atoms with Gasteiger partial charge in [0.15, 0.2) is 0 Å². The molecule has 0 bridgehead atoms. The zero-order chi connectivity index (χ0) is 22.8. The third-order valence-corrected chi connectivity index (χ3v) is 6.61. The number of carbonyl (C=O) groups is 2. The van der Waals surface area contributed by atoms with Crippen LogP contribution in [-0.2, 0) is 0 Å². The van der Waals surface area contributed by atoms with Gasteiger partial charge in [-0.3, -0.25) is 14.5 Å². The Morgan fingerprint density at radius 1 is 0.667 bits per heavy atom. The molecule has 33 heavy (non-hydrogen) atoms. The van der Waals surface area contributed by atoms with Crippen molar-refractivity contribution in [2.45, 2.75) is 6.04 Å². The summed E-state index contributed by atoms with van der Waals surface area (Å²) in [5.74, 6) is -0.675. The molecule has 0 atom stereocenters. The molecule has 2 saturated heterocycles. The molecule has 5 rings (SSSR count). The first kappa shape index (κ1) is 21.3. The van der Waals surface area contributed by atoms with Crippen molar-refractivity contribution in [1.29, 1.82) is 0 Å². The third kappa shape index (κ3) is 4.39. The molecule has 0 aliphatic carbocycles. The average Bonchev–Trinajstić information content (AvgIpc) is 2.84. The van der Waals surface area contributed by atoms with Crippen LogP contribution in [0.4, 0.5) is 4.39 Å². The number of rotatable bonds is 4. The van der Waals surface area contributed by atoms with Gasteiger partial charge in [-0.25, -0.2) is 4.39 Å². The maximum atomic E-state index is 13.9. The van der Waals surface area contributed by atoms with E-state index in [1.165, 1.54) is 12.1 Å². The summed E-state index contributed by atoms with van der Waals surface area (Å²) >= 11 is 0. The lowest BCUT2D eigenvalue weighted by Crippen LogP contribution is -2.64. The van der Waals surface area contributed by atoms with Crippen LogP contribution in [0.3, 0.4) is 0 Å². The summed E-state index contributed by atoms with van der Waals surface area (Å²) in [5, 5.41) is 0. The zero-order valence-corrected chi connectivity index (χ0v) is 18.4. The van der Waals surface area contributed by atoms with Gasteiger partial charge in [0.1, 0.15) is 5.82 Å². The molecular formula is C27H26FN3O2. The van der Waals surface area contributed by atoms with Crippen LogP contribution < -0.4 is 0 Å². The van der Waals surface area contributed by atoms with Crippen molar-refractivity contribution in [3.8, 4) is 11.1 Å². The minimum atomic E-state index is -0.477. The van der Waals surface area contributed by atoms with Crippen molar-refractivity contribution in [1.82, 2.24) is 14.7 Å². The number of nitrogens with zero attached hydrogens (tertiary/aromatic N) is 3. The van der Waals surface area contributed by atoms with Gasteiger partial charge in [0.05, 0.1) is 5.56 Å². The van der Waals surface area contributed by atoms with Crippen molar-refractivity contribution in [2.75, 3.05) is 39.3 Å². The van der Waals surface area contributed by atoms with Crippen LogP contribution in [0.1, 0.15) is 20.7 Å². The molecule has 2 amide bonds. The summed E-state index contributed by atoms with van der Waals surface area (Å²) in [7, 11) is 0. The Bertz CT molecular complexity index is 1140. The predicted octanol–water partition coefficient (Wildman–Crippen LogP) is 3.78. The lowest BCUT2D eigenvalue weighted by Gasteiger charge is -2.48. The Morgan fingerprint density at radius 2 is 1.27 bits per heavy atom. The SMILES string of the molecule is O=C(c1ccc(-c2ccccc2)cc1)N1CC(N2CCN(C(=O)c3ccccc3F)CC2)C1. The number of halogens is 1. The highest BCUT2D eigenvalue weighted by Crippen LogP contribution is 2.23. The Labute approximate surface area is 193 Å². The Balaban J connectivity index is 1.12. The van der Waals surface area contributed by atoms with Crippen LogP contribution >= 0.6 is 0 Å². The van der Waals surface area contributed by atoms with Crippen LogP contribution in [0.2, 0.25) is 0 Å². The Kier molecular flexibility index (Phi) is 5.92. The van der Waals surface area contributed by atoms with E-state index >= 15 is 0 Å². The molecule has 0 unspecified atom stereocenters. The highest BCUT2D eigenvalue weighted by atomic mass is 19.1. The van der Waals surface area contributed by atoms with E-state index in [4.69, 9.17) is 0 Å². The molecule has 0 aromatic heterocycles. The maximum Gasteiger partial charge on any atom is 0.256 e. The fourth-order valence-electron chi connectivity index (χ4n) is 4.57. The number of hydrogen-bond acceptors (Lipinski definition) is 3. The first-order chi connectivity index (χ1) is 16.1. The number of amides is 2. The van der Waals surface area contributed by atoms with E-state index in [-0.39, 0.29) is 17.4 Å². The molecule has 3 aromatic carbocycles. The minimum absolute atomic E-state index is 0.0548. The van der Waals surface area contributed by atoms with Gasteiger partial charge < -0.3 is 9.80 Å². The van der Waals surface area contributed by atoms with Crippen LogP contribution in [0.25, 0.3) is 11.1 Å². The summed E-state index contributed by atoms with van der Waals surface area (Å²) < 4.78 is 13.9. The number of hydrogen-bond donors (Lipinski definition) is 0. The first-order valence-electron chi connectivity index (χ1n) is 11.3. The Hall–Kier alpha value is -3.51. The van der Waals surface area contributed by atoms with Gasteiger partial charge in [0.2, 0.25) is 0 Å². The van der Waals surface area contributed by atoms with Crippen LogP contribution in [0.15, 0.2) is 78.9 Å². The number of carbonyl (C=O) groups excluding carboxylic acids is 2. The van der Waals surface area contributed by atoms with Crippen molar-refractivity contribution >= 4 is 11.8 Å². The van der Waals surface area contributed by atoms with Crippen LogP contribution in [-0.4, -0.2) is 71.8 Å². The van der Waals surface area contributed by atoms with Crippen LogP contribution in [0.5, 0.6) is 0 Å². The molecule has 2 fully saturated rings. The highest BCUT2D eigenvalue weighted by molar-refractivity contribution is 5.95. The smallest absolute Gasteiger partial charge is 0.256 e. The fourth-order valence-corrected chi connectivity index (χ4v) is 4.57. The van der Waals surface area contributed by atoms with Gasteiger partial charge in [0, 0.05) is 50.9 Å². The van der Waals surface area contributed by atoms with E-state index in [0.717, 1.165) is 24.2 Å². The summed E-state index contributed by atoms with van der Waals surface area (Å²) in [6.45, 7) is 4.00. The largest absolute Gasteiger partial charge is 0.336 e. The number of likely N-dealkylation sites (tertiary alicyclic amines) is 1. The second-order valence-electron chi connectivity index (χ2n) is 8.62. The second-order valence-corrected chi connectivity index (χ2v) is 8.62. The lowest BCUT2D eigenvalue weighted by atomic mass is 10.0. The average molecular weight is 444 g/mol. The highest BCUT2D eigenvalue weighted by Gasteiger charge is 2.37. The topological polar surface area (TPSA) is 43.9 Å². The molecule has 6 heteroatoms. The molecular weight excluding hydrogens is 417 g/mol. The first-order valence-corrected chi connectivity index (χ1v) is 11.3. The lowest BCUT2D eigenvalue weighted by molar-refractivity contribution is 0.00846. The second kappa shape index (κ2) is 9.16. The van der Waals surface area contributed by atoms with Gasteiger partial charge in [-0.2, -0.15) is 0 Å². The molecule has 2 heterocycles. The molecule has 2 aliphatic heterocycles. The van der Waals surface area contributed by atoms with Gasteiger partial charge in [0.25, 0.3) is 11.8 Å². The molecule has 0 radical (unpaired) electrons. The zero-order valence-electron chi connectivity index (χ0n) is 18.4. The maximum absolute atomic E-state index is 13.9. The molecule has 0 saturated carbocycles. The molecule has 168 valence electrons. The predicted molar refractivity (Wildman–Crippen MR) is 125 cm³/mol. The molecule has 3 aromatic rings. The normalized spacial score (nSPS) is 17.0. The van der Waals surface area contributed by atoms with Crippen LogP contribution in [0, 0.1) is 5.82 Å². The van der Waals surface area contributed by atoms with Gasteiger partial charge in [-0.1, -0.05) is 54.6 Å². The van der Waals surface area contributed by atoms with E-state index in [0.29, 0.717) is 37.8 Å². The number of benzene rings is 3. The van der Waals surface area contributed by atoms with Gasteiger partial charge in [-0.05, 0) is 35.4 Å². The van der Waals surface area contributed by atoms with E-state index in [1.54, 1.807) is 17.0 Å². The monoisotopic (exact) mass is 443 g/mol. The van der Waals surface area contributed by atoms with Crippen molar-refractivity contribution in [3.63, 3.8) is 0 Å². The van der Waals surface area contributed by atoms with E-state index in [2.05, 4.69) is 17.0 Å². The molecule has 0 N–H and O–H groups in total. The van der Waals surface area contributed by atoms with E-state index in [9.17, 15) is 14.0 Å². The molecule has 0 spiro atoms. The third-order valence-electron chi connectivity index (χ3n) is 6.61. The quantitative estimate of drug-likeness (QED) is 0.617. The molecule has 2 aliphatic rings. The summed E-state index contributed by atoms with van der Waals surface area (Å²) in [5.41, 5.74) is 3.06. The Morgan fingerprint density at radius 3 is 1.94 bits per heavy atom. The van der Waals surface area contributed by atoms with Gasteiger partial charge >= 0.3 is 0 Å². The fraction of sp³-hybridized carbons (Fsp3) is 0.259. The summed E-state index contributed by atoms with van der Waals surface area (Å²) in [6, 6.07) is 24.3. The summed E-state index contributed by atoms with van der Waals surface area (Å²) in [4.78, 5) is 31.4. The van der Waals surface area contributed by atoms with Crippen molar-refractivity contribution in [3.05, 3.63) is 95.8 Å². The van der Waals surface area contributed by atoms with Crippen molar-refractivity contribution < 1.29 is 14.0 Å². The number of piperazine rings is 1. The minimum Gasteiger partial charge on any atom is -0.336 e. The van der Waals surface area contributed by atoms with E-state index < -0.39 is 5.82 Å². The van der Waals surface area contributed by atoms with Gasteiger partial charge in [-0.15, -0.1) is 0 Å². The standard InChI is InChI=1S/C27H26FN3O2/c28-25-9-5-4-8-24(25)27(33)30-16-14-29(15-17-30)23-18-31(19-23)26(32)22-12-10-21(11-13-22)20-6-2-1-3-7-20/h1-13,23H,14-19H2. The molecule has 5 nitrogen and oxygen atoms in total.